The van der Waals surface area contributed by atoms with Gasteiger partial charge < -0.3 is 29.6 Å². The number of unbranched alkanes of at least 4 members (excludes halogenated alkanes) is 3. The Bertz CT molecular complexity index is 851. The van der Waals surface area contributed by atoms with Crippen LogP contribution in [0.3, 0.4) is 0 Å². The highest BCUT2D eigenvalue weighted by Gasteiger charge is 2.14. The predicted molar refractivity (Wildman–Crippen MR) is 150 cm³/mol. The van der Waals surface area contributed by atoms with Gasteiger partial charge in [0.05, 0.1) is 25.7 Å². The summed E-state index contributed by atoms with van der Waals surface area (Å²) in [4.78, 5) is 49.4. The van der Waals surface area contributed by atoms with Crippen LogP contribution < -0.4 is 10.6 Å². The minimum Gasteiger partial charge on any atom is -0.466 e. The number of carbonyl (C=O) groups excluding carboxylic acids is 4. The third-order valence-electron chi connectivity index (χ3n) is 5.66. The molecule has 0 unspecified atom stereocenters. The highest BCUT2D eigenvalue weighted by atomic mass is 16.6. The zero-order valence-electron chi connectivity index (χ0n) is 24.3. The van der Waals surface area contributed by atoms with Crippen molar-refractivity contribution < 1.29 is 38.1 Å². The molecule has 0 aliphatic carbocycles. The van der Waals surface area contributed by atoms with Crippen LogP contribution in [0.25, 0.3) is 0 Å². The van der Waals surface area contributed by atoms with Gasteiger partial charge in [0.1, 0.15) is 13.2 Å². The molecular weight excluding hydrogens is 518 g/mol. The lowest BCUT2D eigenvalue weighted by atomic mass is 10.2. The predicted octanol–water partition coefficient (Wildman–Crippen LogP) is 3.20. The molecule has 226 valence electrons. The van der Waals surface area contributed by atoms with E-state index >= 15 is 0 Å². The molecule has 11 nitrogen and oxygen atoms in total. The zero-order valence-corrected chi connectivity index (χ0v) is 24.3. The lowest BCUT2D eigenvalue weighted by molar-refractivity contribution is -0.155. The third kappa shape index (κ3) is 19.0. The average Bonchev–Trinajstić information content (AvgIpc) is 2.94. The second-order valence-electron chi connectivity index (χ2n) is 9.53. The second-order valence-corrected chi connectivity index (χ2v) is 9.53. The molecule has 1 aromatic rings. The highest BCUT2D eigenvalue weighted by molar-refractivity contribution is 6.32. The van der Waals surface area contributed by atoms with Crippen LogP contribution in [0.4, 0.5) is 4.79 Å². The van der Waals surface area contributed by atoms with Crippen LogP contribution in [0.5, 0.6) is 0 Å². The largest absolute Gasteiger partial charge is 0.466 e. The Hall–Kier alpha value is -3.18. The van der Waals surface area contributed by atoms with Crippen molar-refractivity contribution in [2.24, 2.45) is 0 Å². The van der Waals surface area contributed by atoms with Crippen molar-refractivity contribution in [1.29, 1.82) is 0 Å². The summed E-state index contributed by atoms with van der Waals surface area (Å²) >= 11 is 0. The maximum Gasteiger partial charge on any atom is 0.407 e. The van der Waals surface area contributed by atoms with Crippen molar-refractivity contribution in [3.05, 3.63) is 35.9 Å². The number of hydrogen-bond donors (Lipinski definition) is 2. The summed E-state index contributed by atoms with van der Waals surface area (Å²) in [5.74, 6) is -1.88. The molecule has 2 N–H and O–H groups in total. The lowest BCUT2D eigenvalue weighted by Gasteiger charge is -2.22. The van der Waals surface area contributed by atoms with Gasteiger partial charge in [-0.25, -0.2) is 9.59 Å². The molecule has 11 heteroatoms. The van der Waals surface area contributed by atoms with Crippen LogP contribution in [0.2, 0.25) is 0 Å². The third-order valence-corrected chi connectivity index (χ3v) is 5.66. The van der Waals surface area contributed by atoms with E-state index in [9.17, 15) is 19.2 Å². The standard InChI is InChI=1S/C29H47N3O8/c1-4-20-38-26(33)14-17-32(18-21-37-24(2)3)19-22-39-29(36)31-16-11-6-5-10-15-30-27(34)28(35)40-23-25-12-8-7-9-13-25/h7-9,12-13,24H,4-6,10-11,14-23H2,1-3H3,(H,30,34)(H,31,36). The zero-order chi connectivity index (χ0) is 29.4. The van der Waals surface area contributed by atoms with Gasteiger partial charge in [-0.2, -0.15) is 0 Å². The van der Waals surface area contributed by atoms with Crippen molar-refractivity contribution in [2.45, 2.75) is 72.0 Å². The first-order valence-corrected chi connectivity index (χ1v) is 14.2. The summed E-state index contributed by atoms with van der Waals surface area (Å²) in [6, 6.07) is 9.16. The monoisotopic (exact) mass is 565 g/mol. The molecule has 1 rings (SSSR count). The van der Waals surface area contributed by atoms with Gasteiger partial charge in [0, 0.05) is 32.7 Å². The summed E-state index contributed by atoms with van der Waals surface area (Å²) < 4.78 is 21.0. The fourth-order valence-corrected chi connectivity index (χ4v) is 3.47. The van der Waals surface area contributed by atoms with Crippen molar-refractivity contribution in [3.63, 3.8) is 0 Å². The van der Waals surface area contributed by atoms with E-state index < -0.39 is 18.0 Å². The van der Waals surface area contributed by atoms with Crippen molar-refractivity contribution in [2.75, 3.05) is 52.5 Å². The van der Waals surface area contributed by atoms with E-state index in [2.05, 4.69) is 10.6 Å². The first kappa shape index (κ1) is 34.8. The van der Waals surface area contributed by atoms with Crippen LogP contribution >= 0.6 is 0 Å². The molecule has 0 fully saturated rings. The van der Waals surface area contributed by atoms with Crippen LogP contribution in [0.1, 0.15) is 64.9 Å². The number of carbonyl (C=O) groups is 4. The van der Waals surface area contributed by atoms with Gasteiger partial charge >= 0.3 is 23.9 Å². The van der Waals surface area contributed by atoms with E-state index in [1.165, 1.54) is 0 Å². The van der Waals surface area contributed by atoms with Crippen molar-refractivity contribution in [1.82, 2.24) is 15.5 Å². The van der Waals surface area contributed by atoms with Gasteiger partial charge in [-0.05, 0) is 38.7 Å². The second kappa shape index (κ2) is 22.6. The topological polar surface area (TPSA) is 132 Å². The molecule has 0 aliphatic heterocycles. The van der Waals surface area contributed by atoms with Gasteiger partial charge in [-0.3, -0.25) is 14.5 Å². The van der Waals surface area contributed by atoms with E-state index in [1.54, 1.807) is 0 Å². The fourth-order valence-electron chi connectivity index (χ4n) is 3.47. The highest BCUT2D eigenvalue weighted by Crippen LogP contribution is 2.02. The van der Waals surface area contributed by atoms with E-state index in [1.807, 2.05) is 56.0 Å². The summed E-state index contributed by atoms with van der Waals surface area (Å²) in [5.41, 5.74) is 0.816. The Labute approximate surface area is 238 Å². The molecule has 0 bridgehead atoms. The minimum atomic E-state index is -0.895. The molecule has 0 heterocycles. The summed E-state index contributed by atoms with van der Waals surface area (Å²) in [5, 5.41) is 5.29. The van der Waals surface area contributed by atoms with E-state index in [-0.39, 0.29) is 31.7 Å². The van der Waals surface area contributed by atoms with Crippen LogP contribution in [-0.4, -0.2) is 87.5 Å². The molecule has 0 aliphatic rings. The van der Waals surface area contributed by atoms with Crippen LogP contribution in [0.15, 0.2) is 30.3 Å². The Balaban J connectivity index is 2.09. The van der Waals surface area contributed by atoms with E-state index in [0.29, 0.717) is 52.4 Å². The van der Waals surface area contributed by atoms with Gasteiger partial charge in [-0.15, -0.1) is 0 Å². The summed E-state index contributed by atoms with van der Waals surface area (Å²) in [6.07, 6.45) is 3.86. The number of amides is 2. The SMILES string of the molecule is CCCOC(=O)CCN(CCOC(=O)NCCCCCCNC(=O)C(=O)OCc1ccccc1)CCOC(C)C. The molecule has 0 atom stereocenters. The van der Waals surface area contributed by atoms with Crippen LogP contribution in [0, 0.1) is 0 Å². The molecule has 40 heavy (non-hydrogen) atoms. The number of hydrogen-bond acceptors (Lipinski definition) is 9. The summed E-state index contributed by atoms with van der Waals surface area (Å²) in [7, 11) is 0. The van der Waals surface area contributed by atoms with Gasteiger partial charge in [0.2, 0.25) is 0 Å². The number of alkyl carbamates (subject to hydrolysis) is 1. The maximum absolute atomic E-state index is 12.0. The fraction of sp³-hybridized carbons (Fsp3) is 0.655. The first-order valence-electron chi connectivity index (χ1n) is 14.2. The van der Waals surface area contributed by atoms with Crippen molar-refractivity contribution in [3.8, 4) is 0 Å². The van der Waals surface area contributed by atoms with E-state index in [4.69, 9.17) is 18.9 Å². The quantitative estimate of drug-likeness (QED) is 0.0998. The average molecular weight is 566 g/mol. The Morgan fingerprint density at radius 3 is 2.15 bits per heavy atom. The van der Waals surface area contributed by atoms with Gasteiger partial charge in [0.15, 0.2) is 0 Å². The Morgan fingerprint density at radius 1 is 0.800 bits per heavy atom. The molecule has 0 aromatic heterocycles. The first-order chi connectivity index (χ1) is 19.3. The molecule has 1 aromatic carbocycles. The number of rotatable bonds is 21. The molecule has 2 amide bonds. The smallest absolute Gasteiger partial charge is 0.407 e. The molecular formula is C29H47N3O8. The Kier molecular flexibility index (Phi) is 19.7. The number of benzene rings is 1. The molecule has 0 saturated carbocycles. The number of ether oxygens (including phenoxy) is 4. The normalized spacial score (nSPS) is 10.8. The number of nitrogens with zero attached hydrogens (tertiary/aromatic N) is 1. The lowest BCUT2D eigenvalue weighted by Crippen LogP contribution is -2.35. The van der Waals surface area contributed by atoms with Crippen LogP contribution in [-0.2, 0) is 39.9 Å². The van der Waals surface area contributed by atoms with Gasteiger partial charge in [-0.1, -0.05) is 50.1 Å². The van der Waals surface area contributed by atoms with Gasteiger partial charge in [0.25, 0.3) is 0 Å². The maximum atomic E-state index is 12.0. The molecule has 0 spiro atoms. The van der Waals surface area contributed by atoms with E-state index in [0.717, 1.165) is 31.2 Å². The minimum absolute atomic E-state index is 0.0591. The molecule has 0 saturated heterocycles. The summed E-state index contributed by atoms with van der Waals surface area (Å²) in [6.45, 7) is 9.55. The number of nitrogens with one attached hydrogen (secondary N) is 2. The van der Waals surface area contributed by atoms with Crippen molar-refractivity contribution >= 4 is 23.9 Å². The molecule has 0 radical (unpaired) electrons. The Morgan fingerprint density at radius 2 is 1.48 bits per heavy atom. The number of esters is 2.